The van der Waals surface area contributed by atoms with Gasteiger partial charge in [0.15, 0.2) is 11.9 Å². The zero-order valence-corrected chi connectivity index (χ0v) is 14.9. The quantitative estimate of drug-likeness (QED) is 0.552. The van der Waals surface area contributed by atoms with E-state index in [9.17, 15) is 9.59 Å². The Bertz CT molecular complexity index is 1240. The fraction of sp³-hybridized carbons (Fsp3) is 0.222. The molecule has 3 aromatic heterocycles. The van der Waals surface area contributed by atoms with Crippen molar-refractivity contribution < 1.29 is 9.53 Å². The van der Waals surface area contributed by atoms with E-state index in [1.54, 1.807) is 31.2 Å². The van der Waals surface area contributed by atoms with Crippen LogP contribution in [-0.2, 0) is 4.74 Å². The Kier molecular flexibility index (Phi) is 3.91. The van der Waals surface area contributed by atoms with Gasteiger partial charge in [0.2, 0.25) is 0 Å². The number of aryl methyl sites for hydroxylation is 2. The number of carbonyl (C=O) groups excluding carboxylic acids is 1. The maximum absolute atomic E-state index is 12.4. The van der Waals surface area contributed by atoms with Gasteiger partial charge in [0.25, 0.3) is 17.2 Å². The number of aromatic amines is 1. The highest BCUT2D eigenvalue weighted by Crippen LogP contribution is 2.16. The molecule has 0 amide bonds. The maximum Gasteiger partial charge on any atom is 0.379 e. The van der Waals surface area contributed by atoms with Gasteiger partial charge in [-0.25, -0.2) is 19.3 Å². The third-order valence-electron chi connectivity index (χ3n) is 4.10. The lowest BCUT2D eigenvalue weighted by Crippen LogP contribution is -2.18. The van der Waals surface area contributed by atoms with Gasteiger partial charge >= 0.3 is 5.97 Å². The van der Waals surface area contributed by atoms with E-state index < -0.39 is 12.1 Å². The van der Waals surface area contributed by atoms with Crippen molar-refractivity contribution in [2.45, 2.75) is 26.9 Å². The number of esters is 1. The van der Waals surface area contributed by atoms with Crippen molar-refractivity contribution in [2.24, 2.45) is 0 Å². The Labute approximate surface area is 153 Å². The number of rotatable bonds is 3. The molecule has 1 N–H and O–H groups in total. The molecule has 0 aliphatic rings. The van der Waals surface area contributed by atoms with Crippen molar-refractivity contribution in [3.05, 3.63) is 63.7 Å². The second-order valence-electron chi connectivity index (χ2n) is 6.20. The number of benzene rings is 1. The second kappa shape index (κ2) is 6.27. The first-order chi connectivity index (χ1) is 12.9. The van der Waals surface area contributed by atoms with Crippen molar-refractivity contribution in [1.82, 2.24) is 29.5 Å². The van der Waals surface area contributed by atoms with Crippen molar-refractivity contribution in [2.75, 3.05) is 0 Å². The average Bonchev–Trinajstić information content (AvgIpc) is 3.06. The van der Waals surface area contributed by atoms with Crippen molar-refractivity contribution >= 4 is 22.6 Å². The highest BCUT2D eigenvalue weighted by molar-refractivity contribution is 5.85. The largest absolute Gasteiger partial charge is 0.449 e. The number of aromatic nitrogens is 6. The molecule has 1 aromatic carbocycles. The second-order valence-corrected chi connectivity index (χ2v) is 6.20. The van der Waals surface area contributed by atoms with Gasteiger partial charge in [-0.3, -0.25) is 4.79 Å². The highest BCUT2D eigenvalue weighted by atomic mass is 16.5. The van der Waals surface area contributed by atoms with Gasteiger partial charge in [0, 0.05) is 11.4 Å². The van der Waals surface area contributed by atoms with Crippen LogP contribution in [0.5, 0.6) is 0 Å². The van der Waals surface area contributed by atoms with E-state index in [1.165, 1.54) is 4.52 Å². The summed E-state index contributed by atoms with van der Waals surface area (Å²) < 4.78 is 6.86. The molecule has 0 aliphatic carbocycles. The minimum absolute atomic E-state index is 0.105. The monoisotopic (exact) mass is 364 g/mol. The van der Waals surface area contributed by atoms with Gasteiger partial charge in [0.05, 0.1) is 10.9 Å². The standard InChI is InChI=1S/C18H16N6O3/c1-9-8-10(2)24-18(19-9)22-15(23-24)17(26)27-11(3)14-20-13-7-5-4-6-12(13)16(25)21-14/h4-8,11H,1-3H3,(H,20,21,25)/t11-/m1/s1. The summed E-state index contributed by atoms with van der Waals surface area (Å²) in [5.41, 5.74) is 1.82. The van der Waals surface area contributed by atoms with Gasteiger partial charge in [-0.15, -0.1) is 5.10 Å². The van der Waals surface area contributed by atoms with Gasteiger partial charge in [-0.05, 0) is 39.0 Å². The molecule has 0 aliphatic heterocycles. The molecule has 9 heteroatoms. The number of hydrogen-bond donors (Lipinski definition) is 1. The lowest BCUT2D eigenvalue weighted by molar-refractivity contribution is 0.0305. The summed E-state index contributed by atoms with van der Waals surface area (Å²) in [6.07, 6.45) is -0.780. The number of nitrogens with zero attached hydrogens (tertiary/aromatic N) is 5. The number of ether oxygens (including phenoxy) is 1. The highest BCUT2D eigenvalue weighted by Gasteiger charge is 2.21. The predicted molar refractivity (Wildman–Crippen MR) is 96.5 cm³/mol. The summed E-state index contributed by atoms with van der Waals surface area (Å²) >= 11 is 0. The zero-order chi connectivity index (χ0) is 19.1. The minimum atomic E-state index is -0.780. The summed E-state index contributed by atoms with van der Waals surface area (Å²) in [7, 11) is 0. The van der Waals surface area contributed by atoms with E-state index in [-0.39, 0.29) is 17.2 Å². The summed E-state index contributed by atoms with van der Waals surface area (Å²) in [6, 6.07) is 8.79. The van der Waals surface area contributed by atoms with E-state index in [2.05, 4.69) is 25.0 Å². The molecule has 136 valence electrons. The van der Waals surface area contributed by atoms with Crippen LogP contribution in [0.4, 0.5) is 0 Å². The third kappa shape index (κ3) is 3.03. The van der Waals surface area contributed by atoms with Crippen LogP contribution >= 0.6 is 0 Å². The first-order valence-electron chi connectivity index (χ1n) is 8.33. The third-order valence-corrected chi connectivity index (χ3v) is 4.10. The lowest BCUT2D eigenvalue weighted by Gasteiger charge is -2.11. The van der Waals surface area contributed by atoms with Crippen LogP contribution in [0.15, 0.2) is 35.1 Å². The lowest BCUT2D eigenvalue weighted by atomic mass is 10.2. The van der Waals surface area contributed by atoms with E-state index in [1.807, 2.05) is 19.9 Å². The van der Waals surface area contributed by atoms with E-state index in [4.69, 9.17) is 4.74 Å². The Balaban J connectivity index is 1.63. The van der Waals surface area contributed by atoms with Crippen LogP contribution in [0.3, 0.4) is 0 Å². The SMILES string of the molecule is Cc1cc(C)n2nc(C(=O)O[C@H](C)c3nc4ccccc4c(=O)[nH]3)nc2n1. The molecule has 9 nitrogen and oxygen atoms in total. The average molecular weight is 364 g/mol. The molecule has 0 spiro atoms. The zero-order valence-electron chi connectivity index (χ0n) is 14.9. The van der Waals surface area contributed by atoms with Crippen LogP contribution in [0.2, 0.25) is 0 Å². The number of para-hydroxylation sites is 1. The Morgan fingerprint density at radius 1 is 1.19 bits per heavy atom. The first-order valence-corrected chi connectivity index (χ1v) is 8.33. The summed E-state index contributed by atoms with van der Waals surface area (Å²) in [5, 5.41) is 4.61. The Morgan fingerprint density at radius 2 is 1.96 bits per heavy atom. The molecule has 0 radical (unpaired) electrons. The summed E-state index contributed by atoms with van der Waals surface area (Å²) in [5.74, 6) is -0.252. The summed E-state index contributed by atoms with van der Waals surface area (Å²) in [4.78, 5) is 40.0. The molecular weight excluding hydrogens is 348 g/mol. The van der Waals surface area contributed by atoms with Gasteiger partial charge < -0.3 is 9.72 Å². The molecule has 3 heterocycles. The van der Waals surface area contributed by atoms with E-state index >= 15 is 0 Å². The van der Waals surface area contributed by atoms with Gasteiger partial charge in [-0.1, -0.05) is 12.1 Å². The fourth-order valence-corrected chi connectivity index (χ4v) is 2.82. The molecule has 4 rings (SSSR count). The van der Waals surface area contributed by atoms with Crippen LogP contribution in [0.1, 0.15) is 40.9 Å². The molecule has 0 saturated heterocycles. The molecule has 4 aromatic rings. The number of H-pyrrole nitrogens is 1. The fourth-order valence-electron chi connectivity index (χ4n) is 2.82. The number of hydrogen-bond acceptors (Lipinski definition) is 7. The van der Waals surface area contributed by atoms with Crippen molar-refractivity contribution in [1.29, 1.82) is 0 Å². The minimum Gasteiger partial charge on any atom is -0.449 e. The Hall–Kier alpha value is -3.62. The van der Waals surface area contributed by atoms with Crippen LogP contribution in [0.25, 0.3) is 16.7 Å². The topological polar surface area (TPSA) is 115 Å². The smallest absolute Gasteiger partial charge is 0.379 e. The van der Waals surface area contributed by atoms with Crippen LogP contribution in [-0.4, -0.2) is 35.5 Å². The number of fused-ring (bicyclic) bond motifs is 2. The molecule has 0 bridgehead atoms. The molecule has 1 atom stereocenters. The van der Waals surface area contributed by atoms with Crippen molar-refractivity contribution in [3.63, 3.8) is 0 Å². The predicted octanol–water partition coefficient (Wildman–Crippen LogP) is 1.90. The Morgan fingerprint density at radius 3 is 2.78 bits per heavy atom. The number of carbonyl (C=O) groups is 1. The normalized spacial score (nSPS) is 12.4. The summed E-state index contributed by atoms with van der Waals surface area (Å²) in [6.45, 7) is 5.30. The van der Waals surface area contributed by atoms with Crippen LogP contribution in [0, 0.1) is 13.8 Å². The van der Waals surface area contributed by atoms with Crippen molar-refractivity contribution in [3.8, 4) is 0 Å². The van der Waals surface area contributed by atoms with Gasteiger partial charge in [0.1, 0.15) is 0 Å². The van der Waals surface area contributed by atoms with Gasteiger partial charge in [-0.2, -0.15) is 4.98 Å². The molecule has 0 saturated carbocycles. The van der Waals surface area contributed by atoms with E-state index in [0.29, 0.717) is 16.7 Å². The molecule has 27 heavy (non-hydrogen) atoms. The van der Waals surface area contributed by atoms with E-state index in [0.717, 1.165) is 11.4 Å². The molecular formula is C18H16N6O3. The molecule has 0 unspecified atom stereocenters. The maximum atomic E-state index is 12.4. The molecule has 0 fully saturated rings. The first kappa shape index (κ1) is 16.8. The van der Waals surface area contributed by atoms with Crippen LogP contribution < -0.4 is 5.56 Å². The number of nitrogens with one attached hydrogen (secondary N) is 1.